The van der Waals surface area contributed by atoms with E-state index >= 15 is 0 Å². The number of fused-ring (bicyclic) bond motifs is 3. The standard InChI is InChI=1S/C30H31NO/c1-31(2)27-14-6-13-26-25(27)16-15-23-17-20-30(32-28(23)26)24-11-7-18-29(30,19-8-12-24)21-22-9-4-3-5-10-22/h3-7,9-11,13-17,20,24H,8,12,18-19,21H2,1-2H3. The fourth-order valence-corrected chi connectivity index (χ4v) is 6.57. The summed E-state index contributed by atoms with van der Waals surface area (Å²) in [6.07, 6.45) is 15.4. The SMILES string of the molecule is CN(C)c1cccc2c3c(ccc12)C=CC1(O3)C2C=CCC1(Cc1ccccc1)CCC2. The Bertz CT molecular complexity index is 1220. The van der Waals surface area contributed by atoms with E-state index in [0.29, 0.717) is 5.92 Å². The van der Waals surface area contributed by atoms with Crippen molar-refractivity contribution in [3.8, 4) is 5.75 Å². The van der Waals surface area contributed by atoms with Gasteiger partial charge < -0.3 is 9.64 Å². The number of nitrogens with zero attached hydrogens (tertiary/aromatic N) is 1. The van der Waals surface area contributed by atoms with Crippen LogP contribution < -0.4 is 9.64 Å². The van der Waals surface area contributed by atoms with E-state index in [9.17, 15) is 0 Å². The van der Waals surface area contributed by atoms with Gasteiger partial charge in [0.05, 0.1) is 0 Å². The highest BCUT2D eigenvalue weighted by molar-refractivity contribution is 6.00. The van der Waals surface area contributed by atoms with Crippen LogP contribution in [0.15, 0.2) is 78.9 Å². The van der Waals surface area contributed by atoms with Crippen LogP contribution in [0.3, 0.4) is 0 Å². The maximum absolute atomic E-state index is 7.29. The lowest BCUT2D eigenvalue weighted by atomic mass is 9.52. The van der Waals surface area contributed by atoms with Crippen molar-refractivity contribution < 1.29 is 4.74 Å². The normalized spacial score (nSPS) is 27.9. The molecule has 0 radical (unpaired) electrons. The summed E-state index contributed by atoms with van der Waals surface area (Å²) < 4.78 is 7.29. The Morgan fingerprint density at radius 3 is 2.69 bits per heavy atom. The number of anilines is 1. The smallest absolute Gasteiger partial charge is 0.140 e. The summed E-state index contributed by atoms with van der Waals surface area (Å²) in [4.78, 5) is 2.19. The zero-order chi connectivity index (χ0) is 21.8. The Morgan fingerprint density at radius 2 is 1.84 bits per heavy atom. The summed E-state index contributed by atoms with van der Waals surface area (Å²) in [5.41, 5.74) is 3.65. The van der Waals surface area contributed by atoms with Crippen molar-refractivity contribution in [1.82, 2.24) is 0 Å². The number of ether oxygens (including phenoxy) is 1. The summed E-state index contributed by atoms with van der Waals surface area (Å²) in [5, 5.41) is 2.48. The van der Waals surface area contributed by atoms with Crippen LogP contribution in [-0.4, -0.2) is 19.7 Å². The van der Waals surface area contributed by atoms with Crippen LogP contribution in [0.25, 0.3) is 16.8 Å². The van der Waals surface area contributed by atoms with Gasteiger partial charge in [-0.3, -0.25) is 0 Å². The van der Waals surface area contributed by atoms with E-state index < -0.39 is 0 Å². The average molecular weight is 422 g/mol. The van der Waals surface area contributed by atoms with Crippen molar-refractivity contribution in [2.24, 2.45) is 11.3 Å². The summed E-state index contributed by atoms with van der Waals surface area (Å²) in [5.74, 6) is 1.48. The van der Waals surface area contributed by atoms with Gasteiger partial charge in [0, 0.05) is 47.5 Å². The highest BCUT2D eigenvalue weighted by Crippen LogP contribution is 2.59. The number of benzene rings is 3. The van der Waals surface area contributed by atoms with Gasteiger partial charge in [-0.1, -0.05) is 79.2 Å². The van der Waals surface area contributed by atoms with Crippen LogP contribution in [0.5, 0.6) is 5.75 Å². The topological polar surface area (TPSA) is 12.5 Å². The number of hydrogen-bond donors (Lipinski definition) is 0. The van der Waals surface area contributed by atoms with Crippen LogP contribution in [0, 0.1) is 11.3 Å². The molecule has 0 N–H and O–H groups in total. The number of allylic oxidation sites excluding steroid dienone is 1. The molecule has 0 saturated heterocycles. The highest BCUT2D eigenvalue weighted by Gasteiger charge is 2.59. The molecule has 1 spiro atoms. The third kappa shape index (κ3) is 2.78. The van der Waals surface area contributed by atoms with Crippen LogP contribution in [0.1, 0.15) is 36.8 Å². The van der Waals surface area contributed by atoms with Crippen molar-refractivity contribution in [3.05, 3.63) is 90.0 Å². The molecule has 6 rings (SSSR count). The zero-order valence-corrected chi connectivity index (χ0v) is 19.1. The van der Waals surface area contributed by atoms with E-state index in [1.54, 1.807) is 0 Å². The summed E-state index contributed by atoms with van der Waals surface area (Å²) >= 11 is 0. The van der Waals surface area contributed by atoms with Gasteiger partial charge >= 0.3 is 0 Å². The second-order valence-corrected chi connectivity index (χ2v) is 10.1. The lowest BCUT2D eigenvalue weighted by Crippen LogP contribution is -2.61. The molecule has 0 aromatic heterocycles. The molecule has 1 heterocycles. The van der Waals surface area contributed by atoms with E-state index in [1.807, 2.05) is 0 Å². The molecule has 3 aliphatic rings. The first kappa shape index (κ1) is 19.7. The van der Waals surface area contributed by atoms with Crippen LogP contribution >= 0.6 is 0 Å². The average Bonchev–Trinajstić information content (AvgIpc) is 2.80. The van der Waals surface area contributed by atoms with Crippen LogP contribution in [0.2, 0.25) is 0 Å². The molecule has 1 fully saturated rings. The van der Waals surface area contributed by atoms with Gasteiger partial charge in [0.25, 0.3) is 0 Å². The monoisotopic (exact) mass is 421 g/mol. The Hall–Kier alpha value is -3.00. The lowest BCUT2D eigenvalue weighted by molar-refractivity contribution is -0.0899. The third-order valence-corrected chi connectivity index (χ3v) is 8.10. The number of rotatable bonds is 3. The van der Waals surface area contributed by atoms with E-state index in [4.69, 9.17) is 4.74 Å². The highest BCUT2D eigenvalue weighted by atomic mass is 16.5. The fourth-order valence-electron chi connectivity index (χ4n) is 6.57. The Morgan fingerprint density at radius 1 is 0.969 bits per heavy atom. The maximum atomic E-state index is 7.29. The van der Waals surface area contributed by atoms with Gasteiger partial charge in [-0.25, -0.2) is 0 Å². The third-order valence-electron chi connectivity index (χ3n) is 8.10. The molecule has 162 valence electrons. The minimum Gasteiger partial charge on any atom is -0.481 e. The molecule has 3 atom stereocenters. The fraction of sp³-hybridized carbons (Fsp3) is 0.333. The Labute approximate surface area is 191 Å². The molecule has 1 aliphatic heterocycles. The molecule has 2 bridgehead atoms. The van der Waals surface area contributed by atoms with Gasteiger partial charge in [0.2, 0.25) is 0 Å². The van der Waals surface area contributed by atoms with Crippen LogP contribution in [-0.2, 0) is 6.42 Å². The van der Waals surface area contributed by atoms with Gasteiger partial charge in [-0.2, -0.15) is 0 Å². The van der Waals surface area contributed by atoms with Crippen LogP contribution in [0.4, 0.5) is 5.69 Å². The largest absolute Gasteiger partial charge is 0.481 e. The second kappa shape index (κ2) is 7.27. The van der Waals surface area contributed by atoms with Crippen molar-refractivity contribution >= 4 is 22.5 Å². The molecule has 2 nitrogen and oxygen atoms in total. The Balaban J connectivity index is 1.52. The predicted octanol–water partition coefficient (Wildman–Crippen LogP) is 7.04. The lowest BCUT2D eigenvalue weighted by Gasteiger charge is -2.58. The first-order chi connectivity index (χ1) is 15.6. The van der Waals surface area contributed by atoms with Crippen molar-refractivity contribution in [1.29, 1.82) is 0 Å². The minimum atomic E-state index is -0.286. The van der Waals surface area contributed by atoms with Gasteiger partial charge in [0.15, 0.2) is 0 Å². The molecule has 3 aromatic carbocycles. The number of hydrogen-bond acceptors (Lipinski definition) is 2. The van der Waals surface area contributed by atoms with Crippen molar-refractivity contribution in [2.45, 2.75) is 37.7 Å². The summed E-state index contributed by atoms with van der Waals surface area (Å²) in [7, 11) is 4.23. The molecule has 3 aromatic rings. The summed E-state index contributed by atoms with van der Waals surface area (Å²) in [6, 6.07) is 22.1. The first-order valence-electron chi connectivity index (χ1n) is 11.9. The van der Waals surface area contributed by atoms with E-state index in [-0.39, 0.29) is 11.0 Å². The molecule has 1 saturated carbocycles. The quantitative estimate of drug-likeness (QED) is 0.421. The van der Waals surface area contributed by atoms with Crippen molar-refractivity contribution in [2.75, 3.05) is 19.0 Å². The molecular formula is C30H31NO. The maximum Gasteiger partial charge on any atom is 0.140 e. The van der Waals surface area contributed by atoms with Crippen molar-refractivity contribution in [3.63, 3.8) is 0 Å². The Kier molecular flexibility index (Phi) is 4.47. The minimum absolute atomic E-state index is 0.0849. The molecule has 2 aliphatic carbocycles. The molecule has 3 unspecified atom stereocenters. The first-order valence-corrected chi connectivity index (χ1v) is 11.9. The second-order valence-electron chi connectivity index (χ2n) is 10.1. The van der Waals surface area contributed by atoms with E-state index in [1.165, 1.54) is 46.8 Å². The van der Waals surface area contributed by atoms with E-state index in [0.717, 1.165) is 18.6 Å². The molecule has 0 amide bonds. The van der Waals surface area contributed by atoms with E-state index in [2.05, 4.69) is 104 Å². The predicted molar refractivity (Wildman–Crippen MR) is 134 cm³/mol. The van der Waals surface area contributed by atoms with Gasteiger partial charge in [-0.15, -0.1) is 0 Å². The summed E-state index contributed by atoms with van der Waals surface area (Å²) in [6.45, 7) is 0. The molecule has 32 heavy (non-hydrogen) atoms. The molecule has 2 heteroatoms. The zero-order valence-electron chi connectivity index (χ0n) is 19.1. The molecular weight excluding hydrogens is 390 g/mol. The van der Waals surface area contributed by atoms with Gasteiger partial charge in [0.1, 0.15) is 11.4 Å². The van der Waals surface area contributed by atoms with Gasteiger partial charge in [-0.05, 0) is 43.4 Å².